The summed E-state index contributed by atoms with van der Waals surface area (Å²) in [5, 5.41) is 11.3. The van der Waals surface area contributed by atoms with Gasteiger partial charge in [-0.05, 0) is 37.5 Å². The molecule has 0 aliphatic heterocycles. The van der Waals surface area contributed by atoms with Crippen molar-refractivity contribution in [3.63, 3.8) is 0 Å². The molecule has 0 bridgehead atoms. The molecule has 0 aliphatic rings. The standard InChI is InChI=1S/C16H23NO4/c1-13-7-6-8-14(11-13)21-12-15(18)17-10-5-3-2-4-9-16(19)20/h6-8,11H,2-5,9-10,12H2,1H3,(H,17,18)(H,19,20). The van der Waals surface area contributed by atoms with Gasteiger partial charge in [-0.2, -0.15) is 0 Å². The Morgan fingerprint density at radius 3 is 2.67 bits per heavy atom. The Hall–Kier alpha value is -2.04. The van der Waals surface area contributed by atoms with Crippen LogP contribution < -0.4 is 10.1 Å². The van der Waals surface area contributed by atoms with Gasteiger partial charge in [-0.3, -0.25) is 9.59 Å². The molecule has 0 unspecified atom stereocenters. The van der Waals surface area contributed by atoms with Crippen molar-refractivity contribution in [1.29, 1.82) is 0 Å². The Kier molecular flexibility index (Phi) is 7.94. The second-order valence-electron chi connectivity index (χ2n) is 5.01. The number of carboxylic acids is 1. The number of hydrogen-bond acceptors (Lipinski definition) is 3. The van der Waals surface area contributed by atoms with E-state index in [1.807, 2.05) is 31.2 Å². The molecule has 0 aromatic heterocycles. The summed E-state index contributed by atoms with van der Waals surface area (Å²) >= 11 is 0. The van der Waals surface area contributed by atoms with Crippen molar-refractivity contribution in [2.45, 2.75) is 39.0 Å². The summed E-state index contributed by atoms with van der Waals surface area (Å²) in [6.45, 7) is 2.59. The Labute approximate surface area is 125 Å². The largest absolute Gasteiger partial charge is 0.484 e. The summed E-state index contributed by atoms with van der Waals surface area (Å²) in [5.74, 6) is -0.197. The number of carbonyl (C=O) groups excluding carboxylic acids is 1. The van der Waals surface area contributed by atoms with Crippen LogP contribution in [0.15, 0.2) is 24.3 Å². The van der Waals surface area contributed by atoms with Crippen LogP contribution >= 0.6 is 0 Å². The molecular weight excluding hydrogens is 270 g/mol. The number of nitrogens with one attached hydrogen (secondary N) is 1. The van der Waals surface area contributed by atoms with Crippen molar-refractivity contribution in [3.8, 4) is 5.75 Å². The van der Waals surface area contributed by atoms with Crippen molar-refractivity contribution in [2.24, 2.45) is 0 Å². The minimum atomic E-state index is -0.753. The first-order valence-corrected chi connectivity index (χ1v) is 7.26. The average molecular weight is 293 g/mol. The molecule has 2 N–H and O–H groups in total. The molecule has 1 rings (SSSR count). The van der Waals surface area contributed by atoms with Crippen molar-refractivity contribution < 1.29 is 19.4 Å². The summed E-state index contributed by atoms with van der Waals surface area (Å²) in [7, 11) is 0. The zero-order valence-corrected chi connectivity index (χ0v) is 12.4. The van der Waals surface area contributed by atoms with Crippen LogP contribution in [0.4, 0.5) is 0 Å². The number of aryl methyl sites for hydroxylation is 1. The molecule has 1 amide bonds. The summed E-state index contributed by atoms with van der Waals surface area (Å²) in [6, 6.07) is 7.56. The highest BCUT2D eigenvalue weighted by Gasteiger charge is 2.02. The van der Waals surface area contributed by atoms with Gasteiger partial charge in [0.25, 0.3) is 5.91 Å². The number of amides is 1. The summed E-state index contributed by atoms with van der Waals surface area (Å²) in [6.07, 6.45) is 3.57. The van der Waals surface area contributed by atoms with E-state index in [0.717, 1.165) is 24.8 Å². The number of carbonyl (C=O) groups is 2. The predicted octanol–water partition coefficient (Wildman–Crippen LogP) is 2.53. The van der Waals surface area contributed by atoms with Crippen LogP contribution in [0.25, 0.3) is 0 Å². The van der Waals surface area contributed by atoms with Gasteiger partial charge in [0.2, 0.25) is 0 Å². The zero-order valence-electron chi connectivity index (χ0n) is 12.4. The normalized spacial score (nSPS) is 10.1. The fraction of sp³-hybridized carbons (Fsp3) is 0.500. The van der Waals surface area contributed by atoms with Crippen LogP contribution in [0.2, 0.25) is 0 Å². The van der Waals surface area contributed by atoms with Crippen LogP contribution in [0.3, 0.4) is 0 Å². The first-order chi connectivity index (χ1) is 10.1. The van der Waals surface area contributed by atoms with Gasteiger partial charge < -0.3 is 15.2 Å². The number of aliphatic carboxylic acids is 1. The van der Waals surface area contributed by atoms with Crippen molar-refractivity contribution in [3.05, 3.63) is 29.8 Å². The molecule has 1 aromatic rings. The molecule has 0 saturated carbocycles. The maximum atomic E-state index is 11.6. The van der Waals surface area contributed by atoms with Gasteiger partial charge in [0, 0.05) is 13.0 Å². The van der Waals surface area contributed by atoms with Crippen LogP contribution in [0, 0.1) is 6.92 Å². The van der Waals surface area contributed by atoms with E-state index >= 15 is 0 Å². The molecule has 0 radical (unpaired) electrons. The average Bonchev–Trinajstić information content (AvgIpc) is 2.44. The molecule has 0 fully saturated rings. The molecule has 0 saturated heterocycles. The second-order valence-corrected chi connectivity index (χ2v) is 5.01. The lowest BCUT2D eigenvalue weighted by molar-refractivity contribution is -0.137. The number of ether oxygens (including phenoxy) is 1. The predicted molar refractivity (Wildman–Crippen MR) is 80.4 cm³/mol. The Morgan fingerprint density at radius 2 is 1.95 bits per heavy atom. The summed E-state index contributed by atoms with van der Waals surface area (Å²) in [4.78, 5) is 21.9. The van der Waals surface area contributed by atoms with E-state index in [-0.39, 0.29) is 18.9 Å². The van der Waals surface area contributed by atoms with Gasteiger partial charge in [0.05, 0.1) is 0 Å². The number of unbranched alkanes of at least 4 members (excludes halogenated alkanes) is 3. The van der Waals surface area contributed by atoms with Crippen LogP contribution in [0.5, 0.6) is 5.75 Å². The molecule has 1 aromatic carbocycles. The monoisotopic (exact) mass is 293 g/mol. The number of rotatable bonds is 10. The first-order valence-electron chi connectivity index (χ1n) is 7.26. The molecule has 0 spiro atoms. The summed E-state index contributed by atoms with van der Waals surface area (Å²) < 4.78 is 5.39. The maximum absolute atomic E-state index is 11.6. The van der Waals surface area contributed by atoms with Gasteiger partial charge in [0.1, 0.15) is 5.75 Å². The number of carboxylic acid groups (broad SMARTS) is 1. The lowest BCUT2D eigenvalue weighted by Gasteiger charge is -2.08. The van der Waals surface area contributed by atoms with E-state index < -0.39 is 5.97 Å². The van der Waals surface area contributed by atoms with E-state index in [1.165, 1.54) is 0 Å². The van der Waals surface area contributed by atoms with E-state index in [9.17, 15) is 9.59 Å². The highest BCUT2D eigenvalue weighted by Crippen LogP contribution is 2.11. The third-order valence-corrected chi connectivity index (χ3v) is 3.00. The Morgan fingerprint density at radius 1 is 1.19 bits per heavy atom. The number of hydrogen-bond donors (Lipinski definition) is 2. The first kappa shape index (κ1) is 17.0. The lowest BCUT2D eigenvalue weighted by atomic mass is 10.1. The van der Waals surface area contributed by atoms with Crippen molar-refractivity contribution >= 4 is 11.9 Å². The van der Waals surface area contributed by atoms with E-state index in [4.69, 9.17) is 9.84 Å². The third-order valence-electron chi connectivity index (χ3n) is 3.00. The molecule has 21 heavy (non-hydrogen) atoms. The summed E-state index contributed by atoms with van der Waals surface area (Å²) in [5.41, 5.74) is 1.09. The smallest absolute Gasteiger partial charge is 0.303 e. The zero-order chi connectivity index (χ0) is 15.5. The van der Waals surface area contributed by atoms with E-state index in [2.05, 4.69) is 5.32 Å². The number of benzene rings is 1. The quantitative estimate of drug-likeness (QED) is 0.650. The molecule has 5 heteroatoms. The van der Waals surface area contributed by atoms with E-state index in [0.29, 0.717) is 18.7 Å². The maximum Gasteiger partial charge on any atom is 0.303 e. The van der Waals surface area contributed by atoms with Gasteiger partial charge in [-0.15, -0.1) is 0 Å². The van der Waals surface area contributed by atoms with Crippen molar-refractivity contribution in [1.82, 2.24) is 5.32 Å². The Bertz CT molecular complexity index is 459. The highest BCUT2D eigenvalue weighted by molar-refractivity contribution is 5.77. The third kappa shape index (κ3) is 8.68. The molecular formula is C16H23NO4. The lowest BCUT2D eigenvalue weighted by Crippen LogP contribution is -2.29. The SMILES string of the molecule is Cc1cccc(OCC(=O)NCCCCCCC(=O)O)c1. The minimum Gasteiger partial charge on any atom is -0.484 e. The van der Waals surface area contributed by atoms with Gasteiger partial charge in [-0.1, -0.05) is 25.0 Å². The fourth-order valence-electron chi connectivity index (χ4n) is 1.89. The van der Waals surface area contributed by atoms with Crippen LogP contribution in [-0.4, -0.2) is 30.1 Å². The molecule has 0 heterocycles. The second kappa shape index (κ2) is 9.80. The molecule has 116 valence electrons. The van der Waals surface area contributed by atoms with Gasteiger partial charge in [0.15, 0.2) is 6.61 Å². The molecule has 0 aliphatic carbocycles. The topological polar surface area (TPSA) is 75.6 Å². The van der Waals surface area contributed by atoms with Crippen LogP contribution in [-0.2, 0) is 9.59 Å². The Balaban J connectivity index is 2.03. The van der Waals surface area contributed by atoms with Gasteiger partial charge in [-0.25, -0.2) is 0 Å². The van der Waals surface area contributed by atoms with E-state index in [1.54, 1.807) is 0 Å². The van der Waals surface area contributed by atoms with Gasteiger partial charge >= 0.3 is 5.97 Å². The molecule has 5 nitrogen and oxygen atoms in total. The van der Waals surface area contributed by atoms with Crippen LogP contribution in [0.1, 0.15) is 37.7 Å². The minimum absolute atomic E-state index is 0.0163. The molecule has 0 atom stereocenters. The highest BCUT2D eigenvalue weighted by atomic mass is 16.5. The van der Waals surface area contributed by atoms with Crippen molar-refractivity contribution in [2.75, 3.05) is 13.2 Å². The fourth-order valence-corrected chi connectivity index (χ4v) is 1.89.